The maximum absolute atomic E-state index is 13.6. The van der Waals surface area contributed by atoms with Crippen molar-refractivity contribution in [1.82, 2.24) is 15.2 Å². The minimum Gasteiger partial charge on any atom is -0.374 e. The van der Waals surface area contributed by atoms with Crippen molar-refractivity contribution in [2.75, 3.05) is 33.3 Å². The van der Waals surface area contributed by atoms with Crippen LogP contribution in [0.25, 0.3) is 10.9 Å². The zero-order chi connectivity index (χ0) is 14.7. The van der Waals surface area contributed by atoms with Crippen molar-refractivity contribution in [3.8, 4) is 0 Å². The van der Waals surface area contributed by atoms with Gasteiger partial charge in [0, 0.05) is 37.8 Å². The van der Waals surface area contributed by atoms with Gasteiger partial charge in [0.15, 0.2) is 0 Å². The number of morpholine rings is 1. The first-order valence-electron chi connectivity index (χ1n) is 7.26. The molecular weight excluding hydrogens is 269 g/mol. The smallest absolute Gasteiger partial charge is 0.124 e. The molecule has 2 heterocycles. The molecule has 5 heteroatoms. The highest BCUT2D eigenvalue weighted by molar-refractivity contribution is 5.81. The summed E-state index contributed by atoms with van der Waals surface area (Å²) in [6.45, 7) is 4.03. The molecule has 1 N–H and O–H groups in total. The standard InChI is InChI=1S/C16H20FN3O/c1-20-5-6-21-15(11-20)10-18-9-13-8-14(17)7-12-3-2-4-19-16(12)13/h2-4,7-8,15,18H,5-6,9-11H2,1H3/t15-/m0/s1. The van der Waals surface area contributed by atoms with Crippen LogP contribution in [-0.4, -0.2) is 49.3 Å². The van der Waals surface area contributed by atoms with Crippen molar-refractivity contribution in [1.29, 1.82) is 0 Å². The number of hydrogen-bond acceptors (Lipinski definition) is 4. The molecule has 1 saturated heterocycles. The van der Waals surface area contributed by atoms with Crippen LogP contribution in [0.2, 0.25) is 0 Å². The molecular formula is C16H20FN3O. The maximum Gasteiger partial charge on any atom is 0.124 e. The van der Waals surface area contributed by atoms with E-state index >= 15 is 0 Å². The summed E-state index contributed by atoms with van der Waals surface area (Å²) in [6, 6.07) is 6.78. The summed E-state index contributed by atoms with van der Waals surface area (Å²) >= 11 is 0. The van der Waals surface area contributed by atoms with E-state index in [1.807, 2.05) is 12.1 Å². The Morgan fingerprint density at radius 3 is 3.24 bits per heavy atom. The molecule has 0 unspecified atom stereocenters. The first-order valence-corrected chi connectivity index (χ1v) is 7.26. The normalized spacial score (nSPS) is 20.0. The second-order valence-electron chi connectivity index (χ2n) is 5.53. The van der Waals surface area contributed by atoms with E-state index in [4.69, 9.17) is 4.74 Å². The molecule has 1 aromatic heterocycles. The number of hydrogen-bond donors (Lipinski definition) is 1. The van der Waals surface area contributed by atoms with Gasteiger partial charge >= 0.3 is 0 Å². The third-order valence-corrected chi connectivity index (χ3v) is 3.78. The molecule has 0 amide bonds. The fourth-order valence-corrected chi connectivity index (χ4v) is 2.72. The van der Waals surface area contributed by atoms with E-state index in [9.17, 15) is 4.39 Å². The SMILES string of the molecule is CN1CCO[C@@H](CNCc2cc(F)cc3cccnc23)C1. The molecule has 4 nitrogen and oxygen atoms in total. The fourth-order valence-electron chi connectivity index (χ4n) is 2.72. The number of benzene rings is 1. The molecule has 0 aliphatic carbocycles. The summed E-state index contributed by atoms with van der Waals surface area (Å²) in [5, 5.41) is 4.19. The van der Waals surface area contributed by atoms with Crippen LogP contribution >= 0.6 is 0 Å². The van der Waals surface area contributed by atoms with E-state index in [2.05, 4.69) is 22.2 Å². The topological polar surface area (TPSA) is 37.4 Å². The van der Waals surface area contributed by atoms with Crippen LogP contribution in [0, 0.1) is 5.82 Å². The second kappa shape index (κ2) is 6.47. The molecule has 3 rings (SSSR count). The zero-order valence-corrected chi connectivity index (χ0v) is 12.2. The Bertz CT molecular complexity index is 619. The van der Waals surface area contributed by atoms with Gasteiger partial charge in [-0.3, -0.25) is 4.98 Å². The number of nitrogens with zero attached hydrogens (tertiary/aromatic N) is 2. The van der Waals surface area contributed by atoms with Crippen molar-refractivity contribution in [3.05, 3.63) is 41.8 Å². The third kappa shape index (κ3) is 3.56. The van der Waals surface area contributed by atoms with Gasteiger partial charge in [0.05, 0.1) is 18.2 Å². The lowest BCUT2D eigenvalue weighted by Gasteiger charge is -2.30. The number of nitrogens with one attached hydrogen (secondary N) is 1. The Morgan fingerprint density at radius 2 is 2.38 bits per heavy atom. The van der Waals surface area contributed by atoms with Crippen molar-refractivity contribution >= 4 is 10.9 Å². The Hall–Kier alpha value is -1.56. The van der Waals surface area contributed by atoms with Crippen molar-refractivity contribution < 1.29 is 9.13 Å². The molecule has 112 valence electrons. The maximum atomic E-state index is 13.6. The van der Waals surface area contributed by atoms with Gasteiger partial charge in [0.1, 0.15) is 5.82 Å². The number of pyridine rings is 1. The molecule has 1 aromatic carbocycles. The second-order valence-corrected chi connectivity index (χ2v) is 5.53. The number of halogens is 1. The number of fused-ring (bicyclic) bond motifs is 1. The van der Waals surface area contributed by atoms with Crippen molar-refractivity contribution in [3.63, 3.8) is 0 Å². The molecule has 1 fully saturated rings. The molecule has 1 aliphatic rings. The lowest BCUT2D eigenvalue weighted by atomic mass is 10.1. The van der Waals surface area contributed by atoms with E-state index < -0.39 is 0 Å². The summed E-state index contributed by atoms with van der Waals surface area (Å²) in [7, 11) is 2.10. The van der Waals surface area contributed by atoms with Crippen LogP contribution in [0.15, 0.2) is 30.5 Å². The Kier molecular flexibility index (Phi) is 4.43. The first-order chi connectivity index (χ1) is 10.2. The highest BCUT2D eigenvalue weighted by Crippen LogP contribution is 2.18. The van der Waals surface area contributed by atoms with Gasteiger partial charge in [0.2, 0.25) is 0 Å². The molecule has 1 atom stereocenters. The van der Waals surface area contributed by atoms with E-state index in [-0.39, 0.29) is 11.9 Å². The van der Waals surface area contributed by atoms with E-state index in [0.29, 0.717) is 6.54 Å². The first kappa shape index (κ1) is 14.4. The molecule has 0 radical (unpaired) electrons. The summed E-state index contributed by atoms with van der Waals surface area (Å²) in [5.74, 6) is -0.221. The van der Waals surface area contributed by atoms with Gasteiger partial charge < -0.3 is 15.0 Å². The lowest BCUT2D eigenvalue weighted by molar-refractivity contribution is -0.0182. The monoisotopic (exact) mass is 289 g/mol. The van der Waals surface area contributed by atoms with E-state index in [0.717, 1.165) is 42.7 Å². The van der Waals surface area contributed by atoms with Crippen molar-refractivity contribution in [2.45, 2.75) is 12.6 Å². The van der Waals surface area contributed by atoms with Crippen LogP contribution in [0.1, 0.15) is 5.56 Å². The summed E-state index contributed by atoms with van der Waals surface area (Å²) in [4.78, 5) is 6.61. The Labute approximate surface area is 123 Å². The minimum absolute atomic E-state index is 0.191. The minimum atomic E-state index is -0.221. The van der Waals surface area contributed by atoms with Crippen LogP contribution in [0.5, 0.6) is 0 Å². The van der Waals surface area contributed by atoms with Gasteiger partial charge in [-0.05, 0) is 30.8 Å². The van der Waals surface area contributed by atoms with Crippen LogP contribution in [0.4, 0.5) is 4.39 Å². The molecule has 2 aromatic rings. The average molecular weight is 289 g/mol. The number of ether oxygens (including phenoxy) is 1. The average Bonchev–Trinajstić information content (AvgIpc) is 2.47. The highest BCUT2D eigenvalue weighted by atomic mass is 19.1. The largest absolute Gasteiger partial charge is 0.374 e. The summed E-state index contributed by atoms with van der Waals surface area (Å²) in [5.41, 5.74) is 1.74. The van der Waals surface area contributed by atoms with Crippen LogP contribution < -0.4 is 5.32 Å². The molecule has 1 aliphatic heterocycles. The zero-order valence-electron chi connectivity index (χ0n) is 12.2. The predicted molar refractivity (Wildman–Crippen MR) is 80.6 cm³/mol. The third-order valence-electron chi connectivity index (χ3n) is 3.78. The van der Waals surface area contributed by atoms with E-state index in [1.165, 1.54) is 6.07 Å². The van der Waals surface area contributed by atoms with Crippen molar-refractivity contribution in [2.24, 2.45) is 0 Å². The van der Waals surface area contributed by atoms with Gasteiger partial charge in [-0.1, -0.05) is 6.07 Å². The number of likely N-dealkylation sites (N-methyl/N-ethyl adjacent to an activating group) is 1. The van der Waals surface area contributed by atoms with Gasteiger partial charge in [0.25, 0.3) is 0 Å². The fraction of sp³-hybridized carbons (Fsp3) is 0.438. The number of rotatable bonds is 4. The Morgan fingerprint density at radius 1 is 1.48 bits per heavy atom. The highest BCUT2D eigenvalue weighted by Gasteiger charge is 2.17. The summed E-state index contributed by atoms with van der Waals surface area (Å²) < 4.78 is 19.3. The quantitative estimate of drug-likeness (QED) is 0.931. The number of aromatic nitrogens is 1. The molecule has 0 saturated carbocycles. The summed E-state index contributed by atoms with van der Waals surface area (Å²) in [6.07, 6.45) is 1.93. The molecule has 0 bridgehead atoms. The van der Waals surface area contributed by atoms with Gasteiger partial charge in [-0.15, -0.1) is 0 Å². The van der Waals surface area contributed by atoms with Gasteiger partial charge in [-0.25, -0.2) is 4.39 Å². The lowest BCUT2D eigenvalue weighted by Crippen LogP contribution is -2.44. The molecule has 21 heavy (non-hydrogen) atoms. The van der Waals surface area contributed by atoms with Crippen LogP contribution in [0.3, 0.4) is 0 Å². The predicted octanol–water partition coefficient (Wildman–Crippen LogP) is 1.79. The van der Waals surface area contributed by atoms with Gasteiger partial charge in [-0.2, -0.15) is 0 Å². The van der Waals surface area contributed by atoms with E-state index in [1.54, 1.807) is 12.3 Å². The van der Waals surface area contributed by atoms with Crippen LogP contribution in [-0.2, 0) is 11.3 Å². The Balaban J connectivity index is 1.65. The molecule has 0 spiro atoms.